The Labute approximate surface area is 237 Å². The van der Waals surface area contributed by atoms with Gasteiger partial charge in [-0.15, -0.1) is 0 Å². The van der Waals surface area contributed by atoms with Crippen molar-refractivity contribution >= 4 is 21.6 Å². The third-order valence-corrected chi connectivity index (χ3v) is 8.75. The number of amides is 1. The SMILES string of the molecule is COc1cc(C)c([C@@H](C)NC(=O)c2ccccc2N(Cc2ccccc2)S(=O)(=O)c2ccccc2)cc1C(C)C. The minimum absolute atomic E-state index is 0.0766. The number of rotatable bonds is 10. The molecule has 7 heteroatoms. The summed E-state index contributed by atoms with van der Waals surface area (Å²) in [5, 5.41) is 3.11. The number of aryl methyl sites for hydroxylation is 1. The van der Waals surface area contributed by atoms with Gasteiger partial charge in [-0.1, -0.05) is 74.5 Å². The van der Waals surface area contributed by atoms with E-state index >= 15 is 0 Å². The lowest BCUT2D eigenvalue weighted by atomic mass is 9.93. The normalized spacial score (nSPS) is 12.2. The van der Waals surface area contributed by atoms with Crippen molar-refractivity contribution in [3.63, 3.8) is 0 Å². The molecule has 0 saturated carbocycles. The second-order valence-electron chi connectivity index (χ2n) is 10.1. The van der Waals surface area contributed by atoms with Gasteiger partial charge in [-0.05, 0) is 78.4 Å². The van der Waals surface area contributed by atoms with Crippen molar-refractivity contribution in [2.75, 3.05) is 11.4 Å². The Balaban J connectivity index is 1.73. The number of sulfonamides is 1. The zero-order valence-electron chi connectivity index (χ0n) is 23.6. The number of hydrogen-bond acceptors (Lipinski definition) is 4. The molecule has 0 aromatic heterocycles. The Hall–Kier alpha value is -4.10. The minimum Gasteiger partial charge on any atom is -0.496 e. The van der Waals surface area contributed by atoms with Crippen molar-refractivity contribution in [3.05, 3.63) is 125 Å². The number of benzene rings is 4. The van der Waals surface area contributed by atoms with Gasteiger partial charge >= 0.3 is 0 Å². The van der Waals surface area contributed by atoms with Gasteiger partial charge in [0.05, 0.1) is 35.8 Å². The predicted molar refractivity (Wildman–Crippen MR) is 160 cm³/mol. The van der Waals surface area contributed by atoms with E-state index in [2.05, 4.69) is 25.2 Å². The number of methoxy groups -OCH3 is 1. The number of nitrogens with zero attached hydrogens (tertiary/aromatic N) is 1. The summed E-state index contributed by atoms with van der Waals surface area (Å²) >= 11 is 0. The van der Waals surface area contributed by atoms with Crippen LogP contribution in [0, 0.1) is 6.92 Å². The van der Waals surface area contributed by atoms with Gasteiger partial charge in [0.1, 0.15) is 5.75 Å². The average Bonchev–Trinajstić information content (AvgIpc) is 2.96. The quantitative estimate of drug-likeness (QED) is 0.228. The fraction of sp³-hybridized carbons (Fsp3) is 0.242. The van der Waals surface area contributed by atoms with E-state index in [4.69, 9.17) is 4.74 Å². The van der Waals surface area contributed by atoms with E-state index in [1.807, 2.05) is 50.2 Å². The lowest BCUT2D eigenvalue weighted by molar-refractivity contribution is 0.0940. The van der Waals surface area contributed by atoms with E-state index in [1.54, 1.807) is 61.7 Å². The van der Waals surface area contributed by atoms with Gasteiger partial charge in [0.25, 0.3) is 15.9 Å². The van der Waals surface area contributed by atoms with Crippen molar-refractivity contribution in [1.29, 1.82) is 0 Å². The first-order valence-electron chi connectivity index (χ1n) is 13.3. The summed E-state index contributed by atoms with van der Waals surface area (Å²) in [4.78, 5) is 13.9. The molecule has 0 fully saturated rings. The highest BCUT2D eigenvalue weighted by molar-refractivity contribution is 7.92. The van der Waals surface area contributed by atoms with Crippen LogP contribution in [0.25, 0.3) is 0 Å². The predicted octanol–water partition coefficient (Wildman–Crippen LogP) is 7.01. The molecule has 0 heterocycles. The minimum atomic E-state index is -3.98. The van der Waals surface area contributed by atoms with Crippen LogP contribution in [0.5, 0.6) is 5.75 Å². The first kappa shape index (κ1) is 28.9. The summed E-state index contributed by atoms with van der Waals surface area (Å²) in [5.41, 5.74) is 4.44. The Morgan fingerprint density at radius 3 is 2.08 bits per heavy atom. The van der Waals surface area contributed by atoms with Gasteiger partial charge in [-0.25, -0.2) is 8.42 Å². The maximum atomic E-state index is 13.9. The molecule has 4 rings (SSSR count). The number of anilines is 1. The van der Waals surface area contributed by atoms with Crippen molar-refractivity contribution in [3.8, 4) is 5.75 Å². The van der Waals surface area contributed by atoms with Crippen LogP contribution in [0.3, 0.4) is 0 Å². The molecule has 40 heavy (non-hydrogen) atoms. The molecule has 1 atom stereocenters. The largest absolute Gasteiger partial charge is 0.496 e. The third-order valence-electron chi connectivity index (χ3n) is 6.97. The number of carbonyl (C=O) groups excluding carboxylic acids is 1. The maximum Gasteiger partial charge on any atom is 0.264 e. The van der Waals surface area contributed by atoms with Crippen molar-refractivity contribution in [2.45, 2.75) is 51.1 Å². The number of ether oxygens (including phenoxy) is 1. The standard InChI is InChI=1S/C33H36N2O4S/c1-23(2)29-21-30(24(3)20-32(29)39-5)25(4)34-33(36)28-18-12-13-19-31(28)35(22-26-14-8-6-9-15-26)40(37,38)27-16-10-7-11-17-27/h6-21,23,25H,22H2,1-5H3,(H,34,36)/t25-/m1/s1. The summed E-state index contributed by atoms with van der Waals surface area (Å²) in [6.45, 7) is 8.21. The molecule has 208 valence electrons. The van der Waals surface area contributed by atoms with Crippen LogP contribution in [0.15, 0.2) is 102 Å². The molecule has 4 aromatic carbocycles. The molecule has 1 N–H and O–H groups in total. The Bertz CT molecular complexity index is 1570. The first-order valence-corrected chi connectivity index (χ1v) is 14.8. The Morgan fingerprint density at radius 1 is 0.850 bits per heavy atom. The molecule has 1 amide bonds. The first-order chi connectivity index (χ1) is 19.1. The summed E-state index contributed by atoms with van der Waals surface area (Å²) in [5.74, 6) is 0.709. The molecule has 6 nitrogen and oxygen atoms in total. The smallest absolute Gasteiger partial charge is 0.264 e. The van der Waals surface area contributed by atoms with E-state index in [1.165, 1.54) is 4.31 Å². The fourth-order valence-corrected chi connectivity index (χ4v) is 6.31. The monoisotopic (exact) mass is 556 g/mol. The highest BCUT2D eigenvalue weighted by Gasteiger charge is 2.29. The van der Waals surface area contributed by atoms with Gasteiger partial charge in [0.15, 0.2) is 0 Å². The number of para-hydroxylation sites is 1. The van der Waals surface area contributed by atoms with Crippen LogP contribution in [-0.4, -0.2) is 21.4 Å². The van der Waals surface area contributed by atoms with Crippen LogP contribution in [-0.2, 0) is 16.6 Å². The molecule has 4 aromatic rings. The van der Waals surface area contributed by atoms with Gasteiger partial charge in [0, 0.05) is 0 Å². The maximum absolute atomic E-state index is 13.9. The summed E-state index contributed by atoms with van der Waals surface area (Å²) in [6.07, 6.45) is 0. The molecular weight excluding hydrogens is 520 g/mol. The number of nitrogens with one attached hydrogen (secondary N) is 1. The fourth-order valence-electron chi connectivity index (χ4n) is 4.81. The topological polar surface area (TPSA) is 75.7 Å². The van der Waals surface area contributed by atoms with E-state index in [0.29, 0.717) is 5.69 Å². The van der Waals surface area contributed by atoms with Crippen LogP contribution in [0.2, 0.25) is 0 Å². The van der Waals surface area contributed by atoms with E-state index < -0.39 is 10.0 Å². The molecule has 0 aliphatic rings. The molecule has 0 aliphatic heterocycles. The molecule has 0 unspecified atom stereocenters. The molecule has 0 aliphatic carbocycles. The van der Waals surface area contributed by atoms with Crippen molar-refractivity contribution in [2.24, 2.45) is 0 Å². The third kappa shape index (κ3) is 6.20. The van der Waals surface area contributed by atoms with Crippen LogP contribution < -0.4 is 14.4 Å². The lowest BCUT2D eigenvalue weighted by Crippen LogP contribution is -2.34. The number of hydrogen-bond donors (Lipinski definition) is 1. The van der Waals surface area contributed by atoms with Crippen LogP contribution >= 0.6 is 0 Å². The van der Waals surface area contributed by atoms with Crippen LogP contribution in [0.4, 0.5) is 5.69 Å². The summed E-state index contributed by atoms with van der Waals surface area (Å²) < 4.78 is 34.8. The van der Waals surface area contributed by atoms with Crippen molar-refractivity contribution < 1.29 is 17.9 Å². The molecule has 0 spiro atoms. The van der Waals surface area contributed by atoms with Gasteiger partial charge in [-0.3, -0.25) is 9.10 Å². The molecular formula is C33H36N2O4S. The highest BCUT2D eigenvalue weighted by atomic mass is 32.2. The Kier molecular flexibility index (Phi) is 8.95. The second kappa shape index (κ2) is 12.4. The van der Waals surface area contributed by atoms with Gasteiger partial charge in [0.2, 0.25) is 0 Å². The summed E-state index contributed by atoms with van der Waals surface area (Å²) in [6, 6.07) is 28.2. The highest BCUT2D eigenvalue weighted by Crippen LogP contribution is 2.33. The van der Waals surface area contributed by atoms with E-state index in [0.717, 1.165) is 28.0 Å². The van der Waals surface area contributed by atoms with Gasteiger partial charge < -0.3 is 10.1 Å². The summed E-state index contributed by atoms with van der Waals surface area (Å²) in [7, 11) is -2.32. The van der Waals surface area contributed by atoms with Crippen LogP contribution in [0.1, 0.15) is 65.3 Å². The zero-order valence-corrected chi connectivity index (χ0v) is 24.4. The van der Waals surface area contributed by atoms with E-state index in [9.17, 15) is 13.2 Å². The average molecular weight is 557 g/mol. The molecule has 0 bridgehead atoms. The molecule has 0 saturated heterocycles. The van der Waals surface area contributed by atoms with Gasteiger partial charge in [-0.2, -0.15) is 0 Å². The lowest BCUT2D eigenvalue weighted by Gasteiger charge is -2.27. The second-order valence-corrected chi connectivity index (χ2v) is 12.0. The van der Waals surface area contributed by atoms with E-state index in [-0.39, 0.29) is 34.9 Å². The number of carbonyl (C=O) groups is 1. The zero-order chi connectivity index (χ0) is 28.9. The van der Waals surface area contributed by atoms with Crippen molar-refractivity contribution in [1.82, 2.24) is 5.32 Å². The Morgan fingerprint density at radius 2 is 1.45 bits per heavy atom. The molecule has 0 radical (unpaired) electrons.